The standard InChI is InChI=1S/C15H17N5O2S/c1-11-13(23-14(18-11)12-9-17-19(2)10-12)15(21)22-8-4-7-20-6-3-5-16-20/h3,5-6,9-10H,4,7-8H2,1-2H3. The third-order valence-corrected chi connectivity index (χ3v) is 4.44. The Morgan fingerprint density at radius 1 is 1.39 bits per heavy atom. The van der Waals surface area contributed by atoms with Crippen LogP contribution in [0.5, 0.6) is 0 Å². The Morgan fingerprint density at radius 3 is 2.96 bits per heavy atom. The molecule has 0 spiro atoms. The van der Waals surface area contributed by atoms with E-state index in [0.29, 0.717) is 17.2 Å². The summed E-state index contributed by atoms with van der Waals surface area (Å²) in [6.07, 6.45) is 7.94. The first kappa shape index (κ1) is 15.4. The number of ether oxygens (including phenoxy) is 1. The molecule has 0 aliphatic rings. The minimum Gasteiger partial charge on any atom is -0.461 e. The summed E-state index contributed by atoms with van der Waals surface area (Å²) < 4.78 is 8.85. The highest BCUT2D eigenvalue weighted by atomic mass is 32.1. The molecule has 0 aromatic carbocycles. The second-order valence-electron chi connectivity index (χ2n) is 5.09. The predicted octanol–water partition coefficient (Wildman–Crippen LogP) is 2.30. The van der Waals surface area contributed by atoms with E-state index in [1.807, 2.05) is 37.1 Å². The molecule has 3 aromatic heterocycles. The second kappa shape index (κ2) is 6.74. The Labute approximate surface area is 137 Å². The van der Waals surface area contributed by atoms with Crippen molar-refractivity contribution in [3.05, 3.63) is 41.4 Å². The molecule has 0 N–H and O–H groups in total. The summed E-state index contributed by atoms with van der Waals surface area (Å²) in [5.41, 5.74) is 1.59. The van der Waals surface area contributed by atoms with Crippen molar-refractivity contribution < 1.29 is 9.53 Å². The van der Waals surface area contributed by atoms with E-state index in [2.05, 4.69) is 15.2 Å². The van der Waals surface area contributed by atoms with Gasteiger partial charge in [-0.3, -0.25) is 9.36 Å². The van der Waals surface area contributed by atoms with Crippen molar-refractivity contribution in [2.45, 2.75) is 19.9 Å². The molecule has 7 nitrogen and oxygen atoms in total. The number of aromatic nitrogens is 5. The summed E-state index contributed by atoms with van der Waals surface area (Å²) in [7, 11) is 1.85. The molecule has 0 saturated heterocycles. The van der Waals surface area contributed by atoms with Gasteiger partial charge in [-0.15, -0.1) is 11.3 Å². The molecule has 0 saturated carbocycles. The van der Waals surface area contributed by atoms with E-state index >= 15 is 0 Å². The fraction of sp³-hybridized carbons (Fsp3) is 0.333. The first-order chi connectivity index (χ1) is 11.1. The lowest BCUT2D eigenvalue weighted by atomic mass is 10.3. The molecule has 0 fully saturated rings. The maximum Gasteiger partial charge on any atom is 0.350 e. The van der Waals surface area contributed by atoms with Crippen LogP contribution in [0.3, 0.4) is 0 Å². The molecule has 23 heavy (non-hydrogen) atoms. The van der Waals surface area contributed by atoms with Crippen molar-refractivity contribution in [1.29, 1.82) is 0 Å². The molecule has 8 heteroatoms. The van der Waals surface area contributed by atoms with Crippen LogP contribution in [0.4, 0.5) is 0 Å². The van der Waals surface area contributed by atoms with Crippen LogP contribution < -0.4 is 0 Å². The third-order valence-electron chi connectivity index (χ3n) is 3.26. The van der Waals surface area contributed by atoms with Crippen molar-refractivity contribution in [3.8, 4) is 10.6 Å². The van der Waals surface area contributed by atoms with Crippen LogP contribution in [0.2, 0.25) is 0 Å². The Hall–Kier alpha value is -2.48. The number of thiazole rings is 1. The Morgan fingerprint density at radius 2 is 2.26 bits per heavy atom. The highest BCUT2D eigenvalue weighted by molar-refractivity contribution is 7.17. The number of aryl methyl sites for hydroxylation is 3. The van der Waals surface area contributed by atoms with Gasteiger partial charge in [-0.05, 0) is 13.0 Å². The summed E-state index contributed by atoms with van der Waals surface area (Å²) in [6.45, 7) is 2.90. The summed E-state index contributed by atoms with van der Waals surface area (Å²) in [5, 5.41) is 9.00. The molecular formula is C15H17N5O2S. The summed E-state index contributed by atoms with van der Waals surface area (Å²) in [4.78, 5) is 17.2. The van der Waals surface area contributed by atoms with E-state index in [-0.39, 0.29) is 5.97 Å². The monoisotopic (exact) mass is 331 g/mol. The maximum absolute atomic E-state index is 12.2. The summed E-state index contributed by atoms with van der Waals surface area (Å²) in [5.74, 6) is -0.324. The molecule has 0 unspecified atom stereocenters. The zero-order valence-electron chi connectivity index (χ0n) is 13.0. The maximum atomic E-state index is 12.2. The van der Waals surface area contributed by atoms with Gasteiger partial charge in [0, 0.05) is 44.2 Å². The zero-order chi connectivity index (χ0) is 16.2. The predicted molar refractivity (Wildman–Crippen MR) is 86.2 cm³/mol. The zero-order valence-corrected chi connectivity index (χ0v) is 13.8. The van der Waals surface area contributed by atoms with Crippen LogP contribution >= 0.6 is 11.3 Å². The van der Waals surface area contributed by atoms with Gasteiger partial charge in [0.1, 0.15) is 9.88 Å². The van der Waals surface area contributed by atoms with Crippen LogP contribution in [-0.2, 0) is 18.3 Å². The largest absolute Gasteiger partial charge is 0.461 e. The normalized spacial score (nSPS) is 10.9. The number of carbonyl (C=O) groups excluding carboxylic acids is 1. The first-order valence-electron chi connectivity index (χ1n) is 7.24. The quantitative estimate of drug-likeness (QED) is 0.512. The van der Waals surface area contributed by atoms with Gasteiger partial charge >= 0.3 is 5.97 Å². The van der Waals surface area contributed by atoms with Crippen molar-refractivity contribution in [1.82, 2.24) is 24.5 Å². The van der Waals surface area contributed by atoms with Crippen molar-refractivity contribution >= 4 is 17.3 Å². The number of carbonyl (C=O) groups is 1. The van der Waals surface area contributed by atoms with Gasteiger partial charge < -0.3 is 4.74 Å². The third kappa shape index (κ3) is 3.65. The lowest BCUT2D eigenvalue weighted by Crippen LogP contribution is -2.08. The highest BCUT2D eigenvalue weighted by Gasteiger charge is 2.18. The van der Waals surface area contributed by atoms with Crippen LogP contribution in [0.15, 0.2) is 30.9 Å². The molecule has 3 rings (SSSR count). The molecule has 0 aliphatic heterocycles. The number of hydrogen-bond acceptors (Lipinski definition) is 6. The van der Waals surface area contributed by atoms with Gasteiger partial charge in [-0.1, -0.05) is 0 Å². The Balaban J connectivity index is 1.58. The van der Waals surface area contributed by atoms with E-state index in [9.17, 15) is 4.79 Å². The second-order valence-corrected chi connectivity index (χ2v) is 6.09. The van der Waals surface area contributed by atoms with Gasteiger partial charge in [0.2, 0.25) is 0 Å². The SMILES string of the molecule is Cc1nc(-c2cnn(C)c2)sc1C(=O)OCCCn1cccn1. The Bertz CT molecular complexity index is 791. The topological polar surface area (TPSA) is 74.8 Å². The van der Waals surface area contributed by atoms with E-state index in [0.717, 1.165) is 23.5 Å². The van der Waals surface area contributed by atoms with E-state index in [4.69, 9.17) is 4.74 Å². The molecular weight excluding hydrogens is 314 g/mol. The fourth-order valence-corrected chi connectivity index (χ4v) is 3.07. The van der Waals surface area contributed by atoms with Gasteiger partial charge in [-0.25, -0.2) is 9.78 Å². The van der Waals surface area contributed by atoms with Gasteiger partial charge in [0.25, 0.3) is 0 Å². The molecule has 0 radical (unpaired) electrons. The lowest BCUT2D eigenvalue weighted by Gasteiger charge is -2.04. The molecule has 3 aromatic rings. The van der Waals surface area contributed by atoms with Crippen molar-refractivity contribution in [2.75, 3.05) is 6.61 Å². The van der Waals surface area contributed by atoms with Crippen LogP contribution in [0, 0.1) is 6.92 Å². The van der Waals surface area contributed by atoms with Crippen LogP contribution in [0.25, 0.3) is 10.6 Å². The number of hydrogen-bond donors (Lipinski definition) is 0. The van der Waals surface area contributed by atoms with Crippen molar-refractivity contribution in [3.63, 3.8) is 0 Å². The molecule has 120 valence electrons. The summed E-state index contributed by atoms with van der Waals surface area (Å²) in [6, 6.07) is 1.87. The minimum atomic E-state index is -0.324. The average molecular weight is 331 g/mol. The van der Waals surface area contributed by atoms with Crippen LogP contribution in [-0.4, -0.2) is 37.1 Å². The smallest absolute Gasteiger partial charge is 0.350 e. The molecule has 0 atom stereocenters. The molecule has 0 bridgehead atoms. The number of rotatable bonds is 6. The molecule has 3 heterocycles. The van der Waals surface area contributed by atoms with Crippen LogP contribution in [0.1, 0.15) is 21.8 Å². The number of esters is 1. The minimum absolute atomic E-state index is 0.324. The first-order valence-corrected chi connectivity index (χ1v) is 8.06. The van der Waals surface area contributed by atoms with E-state index in [1.165, 1.54) is 11.3 Å². The molecule has 0 aliphatic carbocycles. The van der Waals surface area contributed by atoms with Gasteiger partial charge in [-0.2, -0.15) is 10.2 Å². The molecule has 0 amide bonds. The number of nitrogens with zero attached hydrogens (tertiary/aromatic N) is 5. The highest BCUT2D eigenvalue weighted by Crippen LogP contribution is 2.27. The Kier molecular flexibility index (Phi) is 4.52. The lowest BCUT2D eigenvalue weighted by molar-refractivity contribution is 0.0499. The van der Waals surface area contributed by atoms with Gasteiger partial charge in [0.05, 0.1) is 18.5 Å². The van der Waals surface area contributed by atoms with E-state index < -0.39 is 0 Å². The van der Waals surface area contributed by atoms with Gasteiger partial charge in [0.15, 0.2) is 0 Å². The average Bonchev–Trinajstić information content (AvgIpc) is 3.24. The fourth-order valence-electron chi connectivity index (χ4n) is 2.13. The van der Waals surface area contributed by atoms with E-state index in [1.54, 1.807) is 17.1 Å². The van der Waals surface area contributed by atoms with Crippen molar-refractivity contribution in [2.24, 2.45) is 7.05 Å². The summed E-state index contributed by atoms with van der Waals surface area (Å²) >= 11 is 1.33.